The second kappa shape index (κ2) is 55.2. The number of hydrogen-bond donors (Lipinski definition) is 4. The zero-order valence-corrected chi connectivity index (χ0v) is 43.9. The summed E-state index contributed by atoms with van der Waals surface area (Å²) >= 11 is 0. The van der Waals surface area contributed by atoms with Crippen LogP contribution in [0.15, 0.2) is 36.5 Å². The Morgan fingerprint density at radius 1 is 0.369 bits per heavy atom. The second-order valence-corrected chi connectivity index (χ2v) is 20.2. The Labute approximate surface area is 406 Å². The van der Waals surface area contributed by atoms with Gasteiger partial charge in [0.25, 0.3) is 0 Å². The Balaban J connectivity index is 3.56. The third kappa shape index (κ3) is 50.3. The standard InChI is InChI=1S/C60H115NO4/c1-3-5-7-9-11-13-15-17-19-21-23-25-26-27-28-29-30-31-32-33-34-35-37-39-41-43-45-47-49-51-53-55-59(64)60(65)61-57(56-62)58(63)54-52-50-48-46-44-42-40-38-36-24-22-20-18-16-14-12-10-8-6-4-2/h27-28,44,46,52,54,57-59,62-64H,3-26,29-43,45,47-51,53,55-56H2,1-2H3,(H,61,65)/b28-27-,46-44+,54-52+. The van der Waals surface area contributed by atoms with Gasteiger partial charge in [0.05, 0.1) is 18.8 Å². The van der Waals surface area contributed by atoms with Crippen LogP contribution < -0.4 is 5.32 Å². The lowest BCUT2D eigenvalue weighted by Gasteiger charge is -2.21. The van der Waals surface area contributed by atoms with Gasteiger partial charge < -0.3 is 20.6 Å². The summed E-state index contributed by atoms with van der Waals surface area (Å²) in [4.78, 5) is 12.6. The first-order chi connectivity index (χ1) is 32.1. The fourth-order valence-corrected chi connectivity index (χ4v) is 9.14. The molecule has 0 rings (SSSR count). The molecule has 0 bridgehead atoms. The Hall–Kier alpha value is -1.43. The maximum absolute atomic E-state index is 12.6. The Morgan fingerprint density at radius 2 is 0.631 bits per heavy atom. The molecule has 0 saturated carbocycles. The van der Waals surface area contributed by atoms with E-state index in [1.54, 1.807) is 6.08 Å². The maximum Gasteiger partial charge on any atom is 0.249 e. The van der Waals surface area contributed by atoms with Crippen LogP contribution in [0, 0.1) is 0 Å². The van der Waals surface area contributed by atoms with Crippen LogP contribution in [0.1, 0.15) is 316 Å². The number of rotatable bonds is 54. The molecule has 0 aliphatic rings. The van der Waals surface area contributed by atoms with E-state index in [0.29, 0.717) is 6.42 Å². The quantitative estimate of drug-likeness (QED) is 0.0361. The average molecular weight is 915 g/mol. The van der Waals surface area contributed by atoms with E-state index >= 15 is 0 Å². The minimum atomic E-state index is -1.11. The monoisotopic (exact) mass is 914 g/mol. The topological polar surface area (TPSA) is 89.8 Å². The van der Waals surface area contributed by atoms with Crippen LogP contribution >= 0.6 is 0 Å². The van der Waals surface area contributed by atoms with Crippen LogP contribution in [0.3, 0.4) is 0 Å². The summed E-state index contributed by atoms with van der Waals surface area (Å²) < 4.78 is 0. The van der Waals surface area contributed by atoms with Crippen molar-refractivity contribution in [2.24, 2.45) is 0 Å². The molecule has 0 aromatic carbocycles. The Morgan fingerprint density at radius 3 is 0.938 bits per heavy atom. The summed E-state index contributed by atoms with van der Waals surface area (Å²) in [5.41, 5.74) is 0. The lowest BCUT2D eigenvalue weighted by molar-refractivity contribution is -0.131. The fourth-order valence-electron chi connectivity index (χ4n) is 9.14. The predicted molar refractivity (Wildman–Crippen MR) is 287 cm³/mol. The lowest BCUT2D eigenvalue weighted by Crippen LogP contribution is -2.48. The highest BCUT2D eigenvalue weighted by Crippen LogP contribution is 2.17. The molecule has 0 saturated heterocycles. The van der Waals surface area contributed by atoms with Crippen molar-refractivity contribution in [3.05, 3.63) is 36.5 Å². The van der Waals surface area contributed by atoms with Gasteiger partial charge in [-0.3, -0.25) is 4.79 Å². The van der Waals surface area contributed by atoms with Gasteiger partial charge in [0.15, 0.2) is 0 Å². The normalized spacial score (nSPS) is 13.5. The summed E-state index contributed by atoms with van der Waals surface area (Å²) in [5.74, 6) is -0.508. The molecule has 0 fully saturated rings. The molecular formula is C60H115NO4. The van der Waals surface area contributed by atoms with Crippen molar-refractivity contribution in [2.75, 3.05) is 6.61 Å². The third-order valence-electron chi connectivity index (χ3n) is 13.7. The smallest absolute Gasteiger partial charge is 0.249 e. The molecule has 3 atom stereocenters. The highest BCUT2D eigenvalue weighted by molar-refractivity contribution is 5.80. The molecule has 0 aromatic heterocycles. The number of aliphatic hydroxyl groups excluding tert-OH is 3. The number of aliphatic hydroxyl groups is 3. The van der Waals surface area contributed by atoms with E-state index < -0.39 is 24.2 Å². The van der Waals surface area contributed by atoms with E-state index in [0.717, 1.165) is 38.5 Å². The first-order valence-corrected chi connectivity index (χ1v) is 29.3. The molecule has 0 spiro atoms. The average Bonchev–Trinajstić information content (AvgIpc) is 3.31. The van der Waals surface area contributed by atoms with Gasteiger partial charge >= 0.3 is 0 Å². The Kier molecular flexibility index (Phi) is 54.0. The van der Waals surface area contributed by atoms with E-state index in [4.69, 9.17) is 0 Å². The number of nitrogens with one attached hydrogen (secondary N) is 1. The van der Waals surface area contributed by atoms with Crippen LogP contribution in [-0.2, 0) is 4.79 Å². The number of amides is 1. The summed E-state index contributed by atoms with van der Waals surface area (Å²) in [6.07, 6.45) is 72.4. The molecule has 0 heterocycles. The van der Waals surface area contributed by atoms with Gasteiger partial charge in [-0.1, -0.05) is 294 Å². The van der Waals surface area contributed by atoms with E-state index in [9.17, 15) is 20.1 Å². The van der Waals surface area contributed by atoms with Crippen molar-refractivity contribution in [1.82, 2.24) is 5.32 Å². The maximum atomic E-state index is 12.6. The molecule has 0 aliphatic heterocycles. The molecule has 0 radical (unpaired) electrons. The molecule has 0 aliphatic carbocycles. The van der Waals surface area contributed by atoms with Crippen molar-refractivity contribution < 1.29 is 20.1 Å². The van der Waals surface area contributed by atoms with E-state index in [-0.39, 0.29) is 6.61 Å². The number of carbonyl (C=O) groups excluding carboxylic acids is 1. The number of carbonyl (C=O) groups is 1. The van der Waals surface area contributed by atoms with Crippen molar-refractivity contribution in [1.29, 1.82) is 0 Å². The van der Waals surface area contributed by atoms with Crippen molar-refractivity contribution in [3.63, 3.8) is 0 Å². The van der Waals surface area contributed by atoms with Gasteiger partial charge in [-0.15, -0.1) is 0 Å². The van der Waals surface area contributed by atoms with Gasteiger partial charge in [0.2, 0.25) is 5.91 Å². The zero-order chi connectivity index (χ0) is 47.2. The minimum Gasteiger partial charge on any atom is -0.394 e. The molecule has 384 valence electrons. The molecule has 5 nitrogen and oxygen atoms in total. The van der Waals surface area contributed by atoms with Crippen molar-refractivity contribution in [3.8, 4) is 0 Å². The lowest BCUT2D eigenvalue weighted by atomic mass is 10.0. The number of unbranched alkanes of at least 4 members (excludes halogenated alkanes) is 42. The summed E-state index contributed by atoms with van der Waals surface area (Å²) in [5, 5.41) is 33.4. The molecule has 0 aromatic rings. The SMILES string of the molecule is CCCCCCCCCCCCCC/C=C\CCCCCCCCCCCCCCCCCC(O)C(=O)NC(CO)C(O)/C=C/CC/C=C/CCCCCCCCCCCCCCCC. The second-order valence-electron chi connectivity index (χ2n) is 20.2. The predicted octanol–water partition coefficient (Wildman–Crippen LogP) is 18.2. The summed E-state index contributed by atoms with van der Waals surface area (Å²) in [7, 11) is 0. The van der Waals surface area contributed by atoms with E-state index in [1.807, 2.05) is 6.08 Å². The van der Waals surface area contributed by atoms with Crippen LogP contribution in [0.2, 0.25) is 0 Å². The van der Waals surface area contributed by atoms with Gasteiger partial charge in [-0.05, 0) is 57.8 Å². The van der Waals surface area contributed by atoms with Crippen molar-refractivity contribution in [2.45, 2.75) is 334 Å². The largest absolute Gasteiger partial charge is 0.394 e. The van der Waals surface area contributed by atoms with Gasteiger partial charge in [0, 0.05) is 0 Å². The van der Waals surface area contributed by atoms with Crippen LogP contribution in [0.4, 0.5) is 0 Å². The molecule has 5 heteroatoms. The third-order valence-corrected chi connectivity index (χ3v) is 13.7. The summed E-state index contributed by atoms with van der Waals surface area (Å²) in [6.45, 7) is 4.21. The highest BCUT2D eigenvalue weighted by Gasteiger charge is 2.22. The highest BCUT2D eigenvalue weighted by atomic mass is 16.3. The number of allylic oxidation sites excluding steroid dienone is 5. The van der Waals surface area contributed by atoms with E-state index in [1.165, 1.54) is 257 Å². The van der Waals surface area contributed by atoms with Gasteiger partial charge in [-0.25, -0.2) is 0 Å². The fraction of sp³-hybridized carbons (Fsp3) is 0.883. The van der Waals surface area contributed by atoms with Crippen LogP contribution in [0.5, 0.6) is 0 Å². The molecule has 4 N–H and O–H groups in total. The zero-order valence-electron chi connectivity index (χ0n) is 43.9. The van der Waals surface area contributed by atoms with Gasteiger partial charge in [0.1, 0.15) is 6.10 Å². The molecule has 1 amide bonds. The van der Waals surface area contributed by atoms with Crippen LogP contribution in [-0.4, -0.2) is 46.1 Å². The van der Waals surface area contributed by atoms with Gasteiger partial charge in [-0.2, -0.15) is 0 Å². The number of hydrogen-bond acceptors (Lipinski definition) is 4. The van der Waals surface area contributed by atoms with E-state index in [2.05, 4.69) is 43.5 Å². The minimum absolute atomic E-state index is 0.374. The first-order valence-electron chi connectivity index (χ1n) is 29.3. The first kappa shape index (κ1) is 63.6. The molecule has 65 heavy (non-hydrogen) atoms. The summed E-state index contributed by atoms with van der Waals surface area (Å²) in [6, 6.07) is -0.814. The molecule has 3 unspecified atom stereocenters. The molecular weight excluding hydrogens is 799 g/mol. The van der Waals surface area contributed by atoms with Crippen LogP contribution in [0.25, 0.3) is 0 Å². The Bertz CT molecular complexity index is 1010. The van der Waals surface area contributed by atoms with Crippen molar-refractivity contribution >= 4 is 5.91 Å².